The first kappa shape index (κ1) is 9.44. The van der Waals surface area contributed by atoms with E-state index >= 15 is 0 Å². The number of hydrogen-bond donors (Lipinski definition) is 1. The molecule has 0 aromatic carbocycles. The topological polar surface area (TPSA) is 85.2 Å². The normalized spacial score (nSPS) is 15.5. The van der Waals surface area contributed by atoms with Crippen LogP contribution in [0, 0.1) is 0 Å². The Morgan fingerprint density at radius 1 is 1.44 bits per heavy atom. The van der Waals surface area contributed by atoms with Gasteiger partial charge in [-0.25, -0.2) is 9.67 Å². The molecule has 0 saturated heterocycles. The van der Waals surface area contributed by atoms with Crippen molar-refractivity contribution in [2.45, 2.75) is 38.1 Å². The molecule has 16 heavy (non-hydrogen) atoms. The van der Waals surface area contributed by atoms with Gasteiger partial charge in [-0.2, -0.15) is 5.10 Å². The first-order valence-corrected chi connectivity index (χ1v) is 5.54. The van der Waals surface area contributed by atoms with E-state index in [1.54, 1.807) is 11.0 Å². The molecule has 0 bridgehead atoms. The van der Waals surface area contributed by atoms with Crippen molar-refractivity contribution in [3.8, 4) is 0 Å². The monoisotopic (exact) mass is 219 g/mol. The number of aromatic nitrogens is 7. The smallest absolute Gasteiger partial charge is 0.153 e. The van der Waals surface area contributed by atoms with Crippen molar-refractivity contribution in [3.63, 3.8) is 0 Å². The van der Waals surface area contributed by atoms with E-state index in [2.05, 4.69) is 30.7 Å². The Labute approximate surface area is 92.3 Å². The van der Waals surface area contributed by atoms with E-state index in [1.165, 1.54) is 12.8 Å². The summed E-state index contributed by atoms with van der Waals surface area (Å²) in [6.45, 7) is 0.812. The quantitative estimate of drug-likeness (QED) is 0.781. The molecule has 7 nitrogen and oxygen atoms in total. The number of aromatic amines is 1. The number of rotatable bonds is 5. The van der Waals surface area contributed by atoms with Crippen molar-refractivity contribution < 1.29 is 0 Å². The van der Waals surface area contributed by atoms with Crippen molar-refractivity contribution in [1.29, 1.82) is 0 Å². The highest BCUT2D eigenvalue weighted by Gasteiger charge is 2.27. The molecule has 0 unspecified atom stereocenters. The molecule has 84 valence electrons. The predicted octanol–water partition coefficient (Wildman–Crippen LogP) is 0.301. The fourth-order valence-electron chi connectivity index (χ4n) is 1.64. The highest BCUT2D eigenvalue weighted by Crippen LogP contribution is 2.37. The third-order valence-corrected chi connectivity index (χ3v) is 2.68. The lowest BCUT2D eigenvalue weighted by molar-refractivity contribution is 0.552. The van der Waals surface area contributed by atoms with Gasteiger partial charge in [0.2, 0.25) is 0 Å². The second kappa shape index (κ2) is 3.99. The van der Waals surface area contributed by atoms with Gasteiger partial charge < -0.3 is 0 Å². The Bertz CT molecular complexity index is 442. The van der Waals surface area contributed by atoms with E-state index in [0.717, 1.165) is 31.0 Å². The molecule has 1 aliphatic carbocycles. The Hall–Kier alpha value is -1.79. The van der Waals surface area contributed by atoms with Gasteiger partial charge in [-0.3, -0.25) is 5.10 Å². The number of aryl methyl sites for hydroxylation is 2. The number of nitrogens with zero attached hydrogens (tertiary/aromatic N) is 6. The zero-order chi connectivity index (χ0) is 10.8. The zero-order valence-corrected chi connectivity index (χ0v) is 8.87. The summed E-state index contributed by atoms with van der Waals surface area (Å²) in [5.41, 5.74) is 0. The van der Waals surface area contributed by atoms with E-state index in [-0.39, 0.29) is 0 Å². The summed E-state index contributed by atoms with van der Waals surface area (Å²) < 4.78 is 1.72. The average molecular weight is 219 g/mol. The largest absolute Gasteiger partial charge is 0.263 e. The molecule has 0 radical (unpaired) electrons. The Balaban J connectivity index is 1.50. The number of nitrogens with one attached hydrogen (secondary N) is 1. The summed E-state index contributed by atoms with van der Waals surface area (Å²) in [7, 11) is 0. The minimum absolute atomic E-state index is 0.615. The summed E-state index contributed by atoms with van der Waals surface area (Å²) in [4.78, 5) is 4.46. The lowest BCUT2D eigenvalue weighted by Crippen LogP contribution is -2.01. The van der Waals surface area contributed by atoms with Crippen LogP contribution in [0.5, 0.6) is 0 Å². The minimum atomic E-state index is 0.615. The van der Waals surface area contributed by atoms with Crippen LogP contribution in [0.4, 0.5) is 0 Å². The number of tetrazole rings is 1. The summed E-state index contributed by atoms with van der Waals surface area (Å²) >= 11 is 0. The van der Waals surface area contributed by atoms with Crippen LogP contribution in [0.15, 0.2) is 6.33 Å². The van der Waals surface area contributed by atoms with Gasteiger partial charge >= 0.3 is 0 Å². The summed E-state index contributed by atoms with van der Waals surface area (Å²) in [5, 5.41) is 18.2. The van der Waals surface area contributed by atoms with E-state index in [9.17, 15) is 0 Å². The molecular formula is C9H13N7. The average Bonchev–Trinajstić information content (AvgIpc) is 2.83. The van der Waals surface area contributed by atoms with E-state index in [0.29, 0.717) is 5.92 Å². The van der Waals surface area contributed by atoms with Crippen LogP contribution in [0.2, 0.25) is 0 Å². The van der Waals surface area contributed by atoms with Crippen LogP contribution in [-0.2, 0) is 13.0 Å². The third kappa shape index (κ3) is 2.07. The fourth-order valence-corrected chi connectivity index (χ4v) is 1.64. The molecule has 0 aliphatic heterocycles. The standard InChI is InChI=1S/C9H13N7/c1(5-16-6-10-14-15-16)2-8-11-9(13-12-8)7-3-4-7/h6-7H,1-5H2,(H,11,12,13). The van der Waals surface area contributed by atoms with Crippen molar-refractivity contribution in [1.82, 2.24) is 35.4 Å². The van der Waals surface area contributed by atoms with Gasteiger partial charge in [0.05, 0.1) is 0 Å². The lowest BCUT2D eigenvalue weighted by atomic mass is 10.3. The van der Waals surface area contributed by atoms with E-state index < -0.39 is 0 Å². The zero-order valence-electron chi connectivity index (χ0n) is 8.87. The van der Waals surface area contributed by atoms with Crippen molar-refractivity contribution in [2.75, 3.05) is 0 Å². The Kier molecular flexibility index (Phi) is 2.35. The Morgan fingerprint density at radius 3 is 3.12 bits per heavy atom. The molecule has 7 heteroatoms. The molecule has 0 atom stereocenters. The predicted molar refractivity (Wildman–Crippen MR) is 54.5 cm³/mol. The molecule has 3 rings (SSSR count). The molecule has 1 fully saturated rings. The molecule has 2 aromatic rings. The SMILES string of the molecule is c1nnnn1CCCc1nc(C2CC2)n[nH]1. The molecule has 1 saturated carbocycles. The van der Waals surface area contributed by atoms with Crippen molar-refractivity contribution in [2.24, 2.45) is 0 Å². The summed E-state index contributed by atoms with van der Waals surface area (Å²) in [5.74, 6) is 2.57. The van der Waals surface area contributed by atoms with Gasteiger partial charge in [0.15, 0.2) is 5.82 Å². The second-order valence-corrected chi connectivity index (χ2v) is 4.09. The maximum atomic E-state index is 4.46. The van der Waals surface area contributed by atoms with Gasteiger partial charge in [-0.15, -0.1) is 5.10 Å². The van der Waals surface area contributed by atoms with Crippen LogP contribution < -0.4 is 0 Å². The molecule has 2 aromatic heterocycles. The van der Waals surface area contributed by atoms with E-state index in [4.69, 9.17) is 0 Å². The molecule has 0 spiro atoms. The molecule has 1 N–H and O–H groups in total. The number of H-pyrrole nitrogens is 1. The minimum Gasteiger partial charge on any atom is -0.263 e. The third-order valence-electron chi connectivity index (χ3n) is 2.68. The summed E-state index contributed by atoms with van der Waals surface area (Å²) in [6, 6.07) is 0. The van der Waals surface area contributed by atoms with Crippen molar-refractivity contribution >= 4 is 0 Å². The summed E-state index contributed by atoms with van der Waals surface area (Å²) in [6.07, 6.45) is 5.95. The number of hydrogen-bond acceptors (Lipinski definition) is 5. The maximum absolute atomic E-state index is 4.46. The molecule has 2 heterocycles. The first-order chi connectivity index (χ1) is 7.92. The van der Waals surface area contributed by atoms with Crippen LogP contribution in [0.1, 0.15) is 36.8 Å². The van der Waals surface area contributed by atoms with E-state index in [1.807, 2.05) is 0 Å². The van der Waals surface area contributed by atoms with Gasteiger partial charge in [0.25, 0.3) is 0 Å². The highest BCUT2D eigenvalue weighted by molar-refractivity contribution is 5.04. The molecular weight excluding hydrogens is 206 g/mol. The maximum Gasteiger partial charge on any atom is 0.153 e. The first-order valence-electron chi connectivity index (χ1n) is 5.54. The van der Waals surface area contributed by atoms with Crippen LogP contribution >= 0.6 is 0 Å². The second-order valence-electron chi connectivity index (χ2n) is 4.09. The van der Waals surface area contributed by atoms with Crippen molar-refractivity contribution in [3.05, 3.63) is 18.0 Å². The van der Waals surface area contributed by atoms with Gasteiger partial charge in [-0.05, 0) is 29.7 Å². The van der Waals surface area contributed by atoms with Crippen LogP contribution in [0.3, 0.4) is 0 Å². The van der Waals surface area contributed by atoms with Crippen LogP contribution in [0.25, 0.3) is 0 Å². The Morgan fingerprint density at radius 2 is 2.38 bits per heavy atom. The highest BCUT2D eigenvalue weighted by atomic mass is 15.5. The molecule has 0 amide bonds. The lowest BCUT2D eigenvalue weighted by Gasteiger charge is -1.96. The van der Waals surface area contributed by atoms with Gasteiger partial charge in [-0.1, -0.05) is 0 Å². The van der Waals surface area contributed by atoms with Gasteiger partial charge in [0.1, 0.15) is 12.2 Å². The van der Waals surface area contributed by atoms with Crippen LogP contribution in [-0.4, -0.2) is 35.4 Å². The molecule has 1 aliphatic rings. The van der Waals surface area contributed by atoms with Gasteiger partial charge in [0, 0.05) is 18.9 Å². The fraction of sp³-hybridized carbons (Fsp3) is 0.667.